The quantitative estimate of drug-likeness (QED) is 0.259. The molecule has 2 heterocycles. The number of nitrogens with zero attached hydrogens (tertiary/aromatic N) is 3. The van der Waals surface area contributed by atoms with Crippen molar-refractivity contribution in [2.24, 2.45) is 0 Å². The minimum atomic E-state index is -4.03. The zero-order chi connectivity index (χ0) is 20.9. The molecule has 3 rings (SSSR count). The van der Waals surface area contributed by atoms with Gasteiger partial charge in [0.2, 0.25) is 0 Å². The van der Waals surface area contributed by atoms with Gasteiger partial charge in [-0.3, -0.25) is 14.3 Å². The lowest BCUT2D eigenvalue weighted by atomic mass is 10.1. The van der Waals surface area contributed by atoms with Gasteiger partial charge in [0.25, 0.3) is 0 Å². The fourth-order valence-electron chi connectivity index (χ4n) is 2.91. The van der Waals surface area contributed by atoms with E-state index in [4.69, 9.17) is 4.52 Å². The number of piperazine rings is 1. The highest BCUT2D eigenvalue weighted by Crippen LogP contribution is 2.42. The molecular weight excluding hydrogens is 429 g/mol. The van der Waals surface area contributed by atoms with Crippen LogP contribution in [0.4, 0.5) is 0 Å². The molecule has 1 aromatic heterocycles. The highest BCUT2D eigenvalue weighted by atomic mass is 32.2. The number of hydrogen-bond donors (Lipinski definition) is 3. The Bertz CT molecular complexity index is 870. The summed E-state index contributed by atoms with van der Waals surface area (Å²) in [5.74, 6) is 0.276. The van der Waals surface area contributed by atoms with E-state index >= 15 is 0 Å². The van der Waals surface area contributed by atoms with Gasteiger partial charge in [0.15, 0.2) is 12.4 Å². The molecule has 1 fully saturated rings. The van der Waals surface area contributed by atoms with Gasteiger partial charge in [0.05, 0.1) is 17.8 Å². The van der Waals surface area contributed by atoms with E-state index in [0.717, 1.165) is 44.4 Å². The molecule has 156 valence electrons. The molecule has 0 saturated carbocycles. The first-order valence-electron chi connectivity index (χ1n) is 9.09. The van der Waals surface area contributed by atoms with Crippen LogP contribution in [0.2, 0.25) is 0 Å². The number of phosphoric ester groups is 1. The third-order valence-electron chi connectivity index (χ3n) is 4.58. The molecule has 1 aliphatic heterocycles. The smallest absolute Gasteiger partial charge is 0.404 e. The predicted octanol–water partition coefficient (Wildman–Crippen LogP) is 2.67. The van der Waals surface area contributed by atoms with Gasteiger partial charge in [-0.15, -0.1) is 25.3 Å². The van der Waals surface area contributed by atoms with Crippen molar-refractivity contribution in [1.29, 1.82) is 0 Å². The molecule has 1 atom stereocenters. The normalized spacial score (nSPS) is 17.6. The molecule has 2 aromatic rings. The van der Waals surface area contributed by atoms with Crippen LogP contribution < -0.4 is 14.2 Å². The SMILES string of the molecule is COP(=O)(O)Oc1ccc(/C=C/c2cc[n+](N3CCN(C(S)S)CC3)cc2)cc1. The molecule has 1 unspecified atom stereocenters. The first-order valence-corrected chi connectivity index (χ1v) is 11.6. The maximum atomic E-state index is 11.4. The maximum absolute atomic E-state index is 11.4. The summed E-state index contributed by atoms with van der Waals surface area (Å²) in [6.45, 7) is 3.72. The molecule has 10 heteroatoms. The lowest BCUT2D eigenvalue weighted by Crippen LogP contribution is -2.64. The Balaban J connectivity index is 1.57. The zero-order valence-electron chi connectivity index (χ0n) is 16.0. The largest absolute Gasteiger partial charge is 0.527 e. The lowest BCUT2D eigenvalue weighted by Gasteiger charge is -2.33. The van der Waals surface area contributed by atoms with Crippen LogP contribution in [-0.4, -0.2) is 47.8 Å². The molecule has 1 N–H and O–H groups in total. The molecule has 7 nitrogen and oxygen atoms in total. The number of rotatable bonds is 7. The van der Waals surface area contributed by atoms with Crippen LogP contribution in [0.3, 0.4) is 0 Å². The van der Waals surface area contributed by atoms with Gasteiger partial charge >= 0.3 is 7.82 Å². The van der Waals surface area contributed by atoms with Gasteiger partial charge in [0.1, 0.15) is 5.75 Å². The summed E-state index contributed by atoms with van der Waals surface area (Å²) < 4.78 is 22.8. The average molecular weight is 455 g/mol. The first-order chi connectivity index (χ1) is 13.9. The molecule has 0 amide bonds. The van der Waals surface area contributed by atoms with Crippen molar-refractivity contribution in [2.75, 3.05) is 38.3 Å². The summed E-state index contributed by atoms with van der Waals surface area (Å²) >= 11 is 8.75. The fourth-order valence-corrected chi connectivity index (χ4v) is 3.83. The van der Waals surface area contributed by atoms with E-state index in [9.17, 15) is 9.46 Å². The highest BCUT2D eigenvalue weighted by Gasteiger charge is 2.23. The van der Waals surface area contributed by atoms with Gasteiger partial charge in [-0.25, -0.2) is 4.57 Å². The van der Waals surface area contributed by atoms with E-state index < -0.39 is 7.82 Å². The van der Waals surface area contributed by atoms with E-state index in [-0.39, 0.29) is 10.5 Å². The lowest BCUT2D eigenvalue weighted by molar-refractivity contribution is -0.694. The second-order valence-corrected chi connectivity index (χ2v) is 9.36. The first kappa shape index (κ1) is 22.2. The standard InChI is InChI=1S/C19H24N3O4PS2/c1-25-27(23,24)26-18-6-4-16(5-7-18)2-3-17-8-10-21(11-9-17)22-14-12-20(13-15-22)19(28)29/h2-11,19H,12-15H2,1H3,(H2-,23,24,28,29)/p+1/b3-2+. The second kappa shape index (κ2) is 10.0. The van der Waals surface area contributed by atoms with Crippen LogP contribution in [0.25, 0.3) is 12.2 Å². The van der Waals surface area contributed by atoms with Crippen molar-refractivity contribution in [2.45, 2.75) is 4.71 Å². The molecule has 1 aromatic carbocycles. The summed E-state index contributed by atoms with van der Waals surface area (Å²) in [7, 11) is -2.91. The number of benzene rings is 1. The number of phosphoric acid groups is 1. The van der Waals surface area contributed by atoms with Crippen molar-refractivity contribution in [3.63, 3.8) is 0 Å². The summed E-state index contributed by atoms with van der Waals surface area (Å²) in [6.07, 6.45) is 8.08. The van der Waals surface area contributed by atoms with E-state index in [1.54, 1.807) is 24.3 Å². The van der Waals surface area contributed by atoms with E-state index in [2.05, 4.69) is 68.9 Å². The summed E-state index contributed by atoms with van der Waals surface area (Å²) in [4.78, 5) is 11.6. The Kier molecular flexibility index (Phi) is 7.67. The van der Waals surface area contributed by atoms with Gasteiger partial charge in [0, 0.05) is 32.3 Å². The molecule has 1 saturated heterocycles. The van der Waals surface area contributed by atoms with E-state index in [0.29, 0.717) is 0 Å². The summed E-state index contributed by atoms with van der Waals surface area (Å²) in [5.41, 5.74) is 2.02. The van der Waals surface area contributed by atoms with Crippen LogP contribution in [-0.2, 0) is 9.09 Å². The minimum Gasteiger partial charge on any atom is -0.404 e. The third kappa shape index (κ3) is 6.50. The number of hydrogen-bond acceptors (Lipinski definition) is 7. The maximum Gasteiger partial charge on any atom is 0.527 e. The molecule has 0 radical (unpaired) electrons. The van der Waals surface area contributed by atoms with Crippen molar-refractivity contribution in [1.82, 2.24) is 4.90 Å². The molecule has 0 spiro atoms. The summed E-state index contributed by atoms with van der Waals surface area (Å²) in [6, 6.07) is 11.0. The van der Waals surface area contributed by atoms with Crippen molar-refractivity contribution < 1.29 is 23.2 Å². The molecule has 29 heavy (non-hydrogen) atoms. The Morgan fingerprint density at radius 3 is 2.10 bits per heavy atom. The molecule has 0 aliphatic carbocycles. The Morgan fingerprint density at radius 1 is 1.03 bits per heavy atom. The topological polar surface area (TPSA) is 66.1 Å². The Hall–Kier alpha value is -1.48. The van der Waals surface area contributed by atoms with Crippen molar-refractivity contribution >= 4 is 45.2 Å². The summed E-state index contributed by atoms with van der Waals surface area (Å²) in [5, 5.41) is 2.28. The van der Waals surface area contributed by atoms with Gasteiger partial charge < -0.3 is 4.52 Å². The van der Waals surface area contributed by atoms with E-state index in [1.165, 1.54) is 0 Å². The third-order valence-corrected chi connectivity index (χ3v) is 6.14. The van der Waals surface area contributed by atoms with Crippen molar-refractivity contribution in [3.05, 3.63) is 59.9 Å². The molecule has 0 bridgehead atoms. The number of aromatic nitrogens is 1. The predicted molar refractivity (Wildman–Crippen MR) is 121 cm³/mol. The molecular formula is C19H25N3O4PS2+. The van der Waals surface area contributed by atoms with Gasteiger partial charge in [-0.2, -0.15) is 5.01 Å². The zero-order valence-corrected chi connectivity index (χ0v) is 18.7. The number of pyridine rings is 1. The number of thiol groups is 2. The van der Waals surface area contributed by atoms with Gasteiger partial charge in [-0.05, 0) is 23.3 Å². The average Bonchev–Trinajstić information content (AvgIpc) is 2.73. The van der Waals surface area contributed by atoms with Crippen LogP contribution in [0.5, 0.6) is 5.75 Å². The Labute approximate surface area is 182 Å². The van der Waals surface area contributed by atoms with Crippen LogP contribution >= 0.6 is 33.1 Å². The Morgan fingerprint density at radius 2 is 1.59 bits per heavy atom. The van der Waals surface area contributed by atoms with Gasteiger partial charge in [-0.1, -0.05) is 29.0 Å². The van der Waals surface area contributed by atoms with Crippen LogP contribution in [0.1, 0.15) is 11.1 Å². The van der Waals surface area contributed by atoms with Crippen LogP contribution in [0, 0.1) is 0 Å². The monoisotopic (exact) mass is 454 g/mol. The van der Waals surface area contributed by atoms with Crippen LogP contribution in [0.15, 0.2) is 48.8 Å². The fraction of sp³-hybridized carbons (Fsp3) is 0.316. The second-order valence-electron chi connectivity index (χ2n) is 6.49. The van der Waals surface area contributed by atoms with E-state index in [1.807, 2.05) is 12.2 Å². The highest BCUT2D eigenvalue weighted by molar-refractivity contribution is 7.99. The molecule has 1 aliphatic rings. The van der Waals surface area contributed by atoms with Crippen molar-refractivity contribution in [3.8, 4) is 5.75 Å². The minimum absolute atomic E-state index is 0.0107.